The van der Waals surface area contributed by atoms with Crippen molar-refractivity contribution < 1.29 is 34.7 Å². The van der Waals surface area contributed by atoms with Gasteiger partial charge in [0.25, 0.3) is 0 Å². The van der Waals surface area contributed by atoms with Gasteiger partial charge in [-0.05, 0) is 42.5 Å². The van der Waals surface area contributed by atoms with Crippen LogP contribution >= 0.6 is 11.6 Å². The zero-order valence-electron chi connectivity index (χ0n) is 16.1. The standard InChI is InChI=1S/C18H18ClF3N2O5S2/c1-29-13-2-4-14(5-3-13)30(25,26)23-8-10-24(11-9-23)31(27,28)15-6-7-17(19)16(12-15)18(20,21)22/h2-7,12H,8-11H2,1H3. The number of halogens is 4. The van der Waals surface area contributed by atoms with Crippen molar-refractivity contribution in [2.75, 3.05) is 33.3 Å². The Balaban J connectivity index is 1.78. The molecule has 13 heteroatoms. The summed E-state index contributed by atoms with van der Waals surface area (Å²) >= 11 is 5.55. The van der Waals surface area contributed by atoms with Crippen LogP contribution in [-0.2, 0) is 26.2 Å². The average molecular weight is 499 g/mol. The Morgan fingerprint density at radius 2 is 1.29 bits per heavy atom. The molecule has 0 radical (unpaired) electrons. The van der Waals surface area contributed by atoms with E-state index in [1.54, 1.807) is 0 Å². The fourth-order valence-corrected chi connectivity index (χ4v) is 6.17. The minimum Gasteiger partial charge on any atom is -0.497 e. The smallest absolute Gasteiger partial charge is 0.417 e. The van der Waals surface area contributed by atoms with E-state index in [4.69, 9.17) is 16.3 Å². The van der Waals surface area contributed by atoms with Crippen LogP contribution in [0.3, 0.4) is 0 Å². The third-order valence-corrected chi connectivity index (χ3v) is 8.91. The fourth-order valence-electron chi connectivity index (χ4n) is 3.08. The van der Waals surface area contributed by atoms with Gasteiger partial charge in [0.15, 0.2) is 0 Å². The van der Waals surface area contributed by atoms with Crippen molar-refractivity contribution in [2.45, 2.75) is 16.0 Å². The van der Waals surface area contributed by atoms with E-state index in [1.165, 1.54) is 31.4 Å². The third kappa shape index (κ3) is 4.82. The van der Waals surface area contributed by atoms with E-state index in [0.29, 0.717) is 11.8 Å². The molecular formula is C18H18ClF3N2O5S2. The molecule has 0 amide bonds. The molecule has 1 aliphatic heterocycles. The maximum absolute atomic E-state index is 13.1. The van der Waals surface area contributed by atoms with E-state index in [2.05, 4.69) is 0 Å². The lowest BCUT2D eigenvalue weighted by Crippen LogP contribution is -2.50. The topological polar surface area (TPSA) is 84.0 Å². The molecule has 31 heavy (non-hydrogen) atoms. The number of ether oxygens (including phenoxy) is 1. The molecule has 1 saturated heterocycles. The van der Waals surface area contributed by atoms with E-state index in [1.807, 2.05) is 0 Å². The normalized spacial score (nSPS) is 16.9. The van der Waals surface area contributed by atoms with Crippen LogP contribution in [0, 0.1) is 0 Å². The van der Waals surface area contributed by atoms with Crippen LogP contribution in [0.4, 0.5) is 13.2 Å². The number of hydrogen-bond acceptors (Lipinski definition) is 5. The zero-order chi connectivity index (χ0) is 23.0. The Morgan fingerprint density at radius 1 is 0.839 bits per heavy atom. The highest BCUT2D eigenvalue weighted by molar-refractivity contribution is 7.89. The van der Waals surface area contributed by atoms with Gasteiger partial charge in [-0.3, -0.25) is 0 Å². The van der Waals surface area contributed by atoms with Crippen molar-refractivity contribution in [3.05, 3.63) is 53.1 Å². The van der Waals surface area contributed by atoms with Crippen molar-refractivity contribution in [1.29, 1.82) is 0 Å². The minimum atomic E-state index is -4.81. The van der Waals surface area contributed by atoms with Gasteiger partial charge in [-0.15, -0.1) is 0 Å². The van der Waals surface area contributed by atoms with Crippen LogP contribution in [0.15, 0.2) is 52.3 Å². The molecule has 0 N–H and O–H groups in total. The minimum absolute atomic E-state index is 0.0251. The maximum Gasteiger partial charge on any atom is 0.417 e. The van der Waals surface area contributed by atoms with Crippen molar-refractivity contribution in [2.24, 2.45) is 0 Å². The van der Waals surface area contributed by atoms with Crippen LogP contribution < -0.4 is 4.74 Å². The second kappa shape index (κ2) is 8.58. The number of methoxy groups -OCH3 is 1. The van der Waals surface area contributed by atoms with E-state index in [0.717, 1.165) is 20.7 Å². The molecule has 0 bridgehead atoms. The molecule has 0 unspecified atom stereocenters. The highest BCUT2D eigenvalue weighted by Gasteiger charge is 2.37. The van der Waals surface area contributed by atoms with Crippen LogP contribution in [0.2, 0.25) is 5.02 Å². The molecule has 0 atom stereocenters. The number of sulfonamides is 2. The molecule has 0 aromatic heterocycles. The van der Waals surface area contributed by atoms with Gasteiger partial charge >= 0.3 is 6.18 Å². The molecule has 1 aliphatic rings. The van der Waals surface area contributed by atoms with E-state index in [9.17, 15) is 30.0 Å². The lowest BCUT2D eigenvalue weighted by molar-refractivity contribution is -0.137. The Morgan fingerprint density at radius 3 is 1.74 bits per heavy atom. The quantitative estimate of drug-likeness (QED) is 0.632. The Bertz CT molecular complexity index is 1160. The van der Waals surface area contributed by atoms with Gasteiger partial charge in [0.1, 0.15) is 5.75 Å². The first-order valence-electron chi connectivity index (χ1n) is 8.88. The first-order valence-corrected chi connectivity index (χ1v) is 12.1. The van der Waals surface area contributed by atoms with Crippen molar-refractivity contribution in [3.8, 4) is 5.75 Å². The summed E-state index contributed by atoms with van der Waals surface area (Å²) in [6.45, 7) is -0.704. The monoisotopic (exact) mass is 498 g/mol. The summed E-state index contributed by atoms with van der Waals surface area (Å²) in [6, 6.07) is 8.10. The van der Waals surface area contributed by atoms with Gasteiger partial charge < -0.3 is 4.74 Å². The molecule has 2 aromatic carbocycles. The van der Waals surface area contributed by atoms with Gasteiger partial charge in [0.2, 0.25) is 20.0 Å². The molecule has 3 rings (SSSR count). The number of piperazine rings is 1. The molecular weight excluding hydrogens is 481 g/mol. The summed E-state index contributed by atoms with van der Waals surface area (Å²) < 4.78 is 97.5. The van der Waals surface area contributed by atoms with Gasteiger partial charge in [-0.1, -0.05) is 11.6 Å². The third-order valence-electron chi connectivity index (χ3n) is 4.78. The van der Waals surface area contributed by atoms with E-state index in [-0.39, 0.29) is 31.1 Å². The average Bonchev–Trinajstić information content (AvgIpc) is 2.73. The van der Waals surface area contributed by atoms with Crippen LogP contribution in [-0.4, -0.2) is 58.7 Å². The summed E-state index contributed by atoms with van der Waals surface area (Å²) in [7, 11) is -6.68. The second-order valence-electron chi connectivity index (χ2n) is 6.62. The van der Waals surface area contributed by atoms with Gasteiger partial charge in [-0.25, -0.2) is 16.8 Å². The molecule has 1 heterocycles. The molecule has 0 aliphatic carbocycles. The number of benzene rings is 2. The predicted molar refractivity (Wildman–Crippen MR) is 107 cm³/mol. The van der Waals surface area contributed by atoms with Crippen LogP contribution in [0.25, 0.3) is 0 Å². The van der Waals surface area contributed by atoms with Gasteiger partial charge in [-0.2, -0.15) is 21.8 Å². The maximum atomic E-state index is 13.1. The van der Waals surface area contributed by atoms with E-state index < -0.39 is 41.7 Å². The van der Waals surface area contributed by atoms with Crippen LogP contribution in [0.5, 0.6) is 5.75 Å². The number of nitrogens with zero attached hydrogens (tertiary/aromatic N) is 2. The zero-order valence-corrected chi connectivity index (χ0v) is 18.5. The Kier molecular flexibility index (Phi) is 6.59. The van der Waals surface area contributed by atoms with E-state index >= 15 is 0 Å². The van der Waals surface area contributed by atoms with Crippen molar-refractivity contribution >= 4 is 31.6 Å². The summed E-state index contributed by atoms with van der Waals surface area (Å²) in [4.78, 5) is -0.534. The Hall–Kier alpha value is -1.86. The van der Waals surface area contributed by atoms with Gasteiger partial charge in [0, 0.05) is 26.2 Å². The number of hydrogen-bond donors (Lipinski definition) is 0. The summed E-state index contributed by atoms with van der Waals surface area (Å²) in [5.41, 5.74) is -1.25. The largest absolute Gasteiger partial charge is 0.497 e. The Labute approximate surface area is 183 Å². The molecule has 2 aromatic rings. The first kappa shape index (κ1) is 23.8. The lowest BCUT2D eigenvalue weighted by atomic mass is 10.2. The predicted octanol–water partition coefficient (Wildman–Crippen LogP) is 3.06. The van der Waals surface area contributed by atoms with Crippen molar-refractivity contribution in [3.63, 3.8) is 0 Å². The van der Waals surface area contributed by atoms with Crippen molar-refractivity contribution in [1.82, 2.24) is 8.61 Å². The highest BCUT2D eigenvalue weighted by atomic mass is 35.5. The molecule has 0 saturated carbocycles. The van der Waals surface area contributed by atoms with Crippen LogP contribution in [0.1, 0.15) is 5.56 Å². The number of alkyl halides is 3. The first-order chi connectivity index (χ1) is 14.4. The number of rotatable bonds is 5. The molecule has 0 spiro atoms. The molecule has 1 fully saturated rings. The van der Waals surface area contributed by atoms with Gasteiger partial charge in [0.05, 0.1) is 27.5 Å². The highest BCUT2D eigenvalue weighted by Crippen LogP contribution is 2.36. The molecule has 7 nitrogen and oxygen atoms in total. The lowest BCUT2D eigenvalue weighted by Gasteiger charge is -2.33. The second-order valence-corrected chi connectivity index (χ2v) is 10.9. The fraction of sp³-hybridized carbons (Fsp3) is 0.333. The summed E-state index contributed by atoms with van der Waals surface area (Å²) in [5, 5.41) is -0.609. The molecule has 170 valence electrons. The SMILES string of the molecule is COc1ccc(S(=O)(=O)N2CCN(S(=O)(=O)c3ccc(Cl)c(C(F)(F)F)c3)CC2)cc1. The summed E-state index contributed by atoms with van der Waals surface area (Å²) in [5.74, 6) is 0.482. The summed E-state index contributed by atoms with van der Waals surface area (Å²) in [6.07, 6.45) is -4.81.